The lowest BCUT2D eigenvalue weighted by Gasteiger charge is -2.60. The lowest BCUT2D eigenvalue weighted by atomic mass is 9.47. The normalized spacial score (nSPS) is 45.1. The molecule has 1 saturated heterocycles. The summed E-state index contributed by atoms with van der Waals surface area (Å²) in [6, 6.07) is 2.28. The lowest BCUT2D eigenvalue weighted by molar-refractivity contribution is -0.151. The first-order chi connectivity index (χ1) is 13.1. The summed E-state index contributed by atoms with van der Waals surface area (Å²) in [5, 5.41) is 15.2. The summed E-state index contributed by atoms with van der Waals surface area (Å²) in [6.45, 7) is 8.17. The van der Waals surface area contributed by atoms with Gasteiger partial charge in [-0.3, -0.25) is 9.59 Å². The summed E-state index contributed by atoms with van der Waals surface area (Å²) in [5.74, 6) is 0.982. The number of rotatable bonds is 2. The van der Waals surface area contributed by atoms with Crippen molar-refractivity contribution >= 4 is 11.8 Å². The van der Waals surface area contributed by atoms with Gasteiger partial charge in [-0.25, -0.2) is 0 Å². The van der Waals surface area contributed by atoms with Crippen molar-refractivity contribution in [3.63, 3.8) is 0 Å². The smallest absolute Gasteiger partial charge is 0.233 e. The van der Waals surface area contributed by atoms with Crippen molar-refractivity contribution < 1.29 is 9.59 Å². The fourth-order valence-electron chi connectivity index (χ4n) is 7.42. The molecule has 4 rings (SSSR count). The highest BCUT2D eigenvalue weighted by Crippen LogP contribution is 2.64. The monoisotopic (exact) mass is 385 g/mol. The summed E-state index contributed by atoms with van der Waals surface area (Å²) < 4.78 is 0. The van der Waals surface area contributed by atoms with E-state index in [1.54, 1.807) is 13.8 Å². The largest absolute Gasteiger partial charge is 0.352 e. The van der Waals surface area contributed by atoms with Gasteiger partial charge in [-0.2, -0.15) is 5.26 Å². The molecule has 0 aromatic heterocycles. The van der Waals surface area contributed by atoms with E-state index in [-0.39, 0.29) is 23.3 Å². The van der Waals surface area contributed by atoms with Gasteiger partial charge in [0.25, 0.3) is 0 Å². The van der Waals surface area contributed by atoms with Gasteiger partial charge in [0, 0.05) is 6.04 Å². The van der Waals surface area contributed by atoms with Gasteiger partial charge in [0.15, 0.2) is 0 Å². The van der Waals surface area contributed by atoms with E-state index < -0.39 is 11.5 Å². The predicted octanol–water partition coefficient (Wildman–Crippen LogP) is 3.54. The van der Waals surface area contributed by atoms with Crippen molar-refractivity contribution in [3.05, 3.63) is 0 Å². The van der Waals surface area contributed by atoms with Gasteiger partial charge in [0.1, 0.15) is 11.5 Å². The summed E-state index contributed by atoms with van der Waals surface area (Å²) >= 11 is 0. The van der Waals surface area contributed by atoms with Crippen molar-refractivity contribution in [1.82, 2.24) is 10.6 Å². The Bertz CT molecular complexity index is 726. The van der Waals surface area contributed by atoms with E-state index in [4.69, 9.17) is 0 Å². The van der Waals surface area contributed by atoms with E-state index in [1.165, 1.54) is 38.5 Å². The van der Waals surface area contributed by atoms with Crippen molar-refractivity contribution in [2.45, 2.75) is 90.6 Å². The number of nitriles is 1. The Morgan fingerprint density at radius 2 is 1.93 bits per heavy atom. The molecule has 2 amide bonds. The Hall–Kier alpha value is -1.57. The minimum atomic E-state index is -0.958. The Balaban J connectivity index is 1.58. The summed E-state index contributed by atoms with van der Waals surface area (Å²) in [4.78, 5) is 25.6. The van der Waals surface area contributed by atoms with E-state index in [0.29, 0.717) is 17.8 Å². The molecule has 5 nitrogen and oxygen atoms in total. The van der Waals surface area contributed by atoms with Crippen molar-refractivity contribution in [3.8, 4) is 6.07 Å². The van der Waals surface area contributed by atoms with Gasteiger partial charge >= 0.3 is 0 Å². The number of piperidine rings is 1. The maximum atomic E-state index is 12.9. The Morgan fingerprint density at radius 3 is 2.64 bits per heavy atom. The number of carbonyl (C=O) groups excluding carboxylic acids is 2. The summed E-state index contributed by atoms with van der Waals surface area (Å²) in [7, 11) is 0. The van der Waals surface area contributed by atoms with Crippen LogP contribution in [0, 0.1) is 45.8 Å². The summed E-state index contributed by atoms with van der Waals surface area (Å²) in [6.07, 6.45) is 9.44. The van der Waals surface area contributed by atoms with Crippen molar-refractivity contribution in [2.24, 2.45) is 34.5 Å². The molecule has 0 bridgehead atoms. The van der Waals surface area contributed by atoms with E-state index in [1.807, 2.05) is 0 Å². The molecule has 0 aromatic rings. The summed E-state index contributed by atoms with van der Waals surface area (Å²) in [5.41, 5.74) is -0.476. The number of fused-ring (bicyclic) bond motifs is 5. The minimum Gasteiger partial charge on any atom is -0.352 e. The molecule has 2 N–H and O–H groups in total. The number of carbonyl (C=O) groups is 2. The van der Waals surface area contributed by atoms with E-state index in [9.17, 15) is 14.9 Å². The molecule has 154 valence electrons. The first kappa shape index (κ1) is 19.7. The molecular formula is C23H35N3O2. The maximum Gasteiger partial charge on any atom is 0.233 e. The zero-order valence-electron chi connectivity index (χ0n) is 17.8. The maximum absolute atomic E-state index is 12.9. The first-order valence-corrected chi connectivity index (χ1v) is 11.1. The number of nitrogens with zero attached hydrogens (tertiary/aromatic N) is 1. The number of hydrogen-bond donors (Lipinski definition) is 2. The van der Waals surface area contributed by atoms with Gasteiger partial charge < -0.3 is 10.6 Å². The fraction of sp³-hybridized carbons (Fsp3) is 0.870. The average Bonchev–Trinajstić information content (AvgIpc) is 3.03. The van der Waals surface area contributed by atoms with E-state index >= 15 is 0 Å². The molecule has 1 heterocycles. The van der Waals surface area contributed by atoms with Crippen LogP contribution in [0.15, 0.2) is 0 Å². The van der Waals surface area contributed by atoms with Crippen LogP contribution in [0.2, 0.25) is 0 Å². The average molecular weight is 386 g/mol. The second-order valence-corrected chi connectivity index (χ2v) is 11.1. The third kappa shape index (κ3) is 2.95. The molecular weight excluding hydrogens is 350 g/mol. The van der Waals surface area contributed by atoms with E-state index in [0.717, 1.165) is 18.3 Å². The molecule has 0 radical (unpaired) electrons. The van der Waals surface area contributed by atoms with E-state index in [2.05, 4.69) is 30.6 Å². The third-order valence-corrected chi connectivity index (χ3v) is 8.96. The van der Waals surface area contributed by atoms with Crippen LogP contribution in [0.1, 0.15) is 79.1 Å². The van der Waals surface area contributed by atoms with Crippen LogP contribution in [0.4, 0.5) is 0 Å². The topological polar surface area (TPSA) is 82.0 Å². The quantitative estimate of drug-likeness (QED) is 0.713. The van der Waals surface area contributed by atoms with Gasteiger partial charge in [0.05, 0.1) is 6.07 Å². The minimum absolute atomic E-state index is 0.0282. The Labute approximate surface area is 169 Å². The molecule has 28 heavy (non-hydrogen) atoms. The van der Waals surface area contributed by atoms with Crippen LogP contribution >= 0.6 is 0 Å². The molecule has 5 heteroatoms. The zero-order chi connectivity index (χ0) is 20.3. The fourth-order valence-corrected chi connectivity index (χ4v) is 7.42. The molecule has 0 aromatic carbocycles. The molecule has 2 unspecified atom stereocenters. The molecule has 3 aliphatic carbocycles. The molecule has 4 fully saturated rings. The Kier molecular flexibility index (Phi) is 4.56. The first-order valence-electron chi connectivity index (χ1n) is 11.1. The van der Waals surface area contributed by atoms with Crippen LogP contribution in [-0.4, -0.2) is 23.4 Å². The Morgan fingerprint density at radius 1 is 1.18 bits per heavy atom. The molecule has 3 saturated carbocycles. The lowest BCUT2D eigenvalue weighted by Crippen LogP contribution is -2.65. The predicted molar refractivity (Wildman–Crippen MR) is 107 cm³/mol. The molecule has 1 aliphatic heterocycles. The highest BCUT2D eigenvalue weighted by Gasteiger charge is 2.60. The molecule has 4 aliphatic rings. The van der Waals surface area contributed by atoms with Crippen LogP contribution in [0.5, 0.6) is 0 Å². The van der Waals surface area contributed by atoms with Gasteiger partial charge in [-0.05, 0) is 87.4 Å². The molecule has 0 spiro atoms. The van der Waals surface area contributed by atoms with Crippen LogP contribution in [0.3, 0.4) is 0 Å². The zero-order valence-corrected chi connectivity index (χ0v) is 17.8. The SMILES string of the molecule is CC(C)(C#N)NC(=O)C1C[C@@]2(C)C(CC[C@@H]3[C@H]2CC[C@]2(C)CCC[C@@H]32)NC1=O. The van der Waals surface area contributed by atoms with Gasteiger partial charge in [0.2, 0.25) is 11.8 Å². The second kappa shape index (κ2) is 6.47. The molecule has 7 atom stereocenters. The van der Waals surface area contributed by atoms with Crippen molar-refractivity contribution in [1.29, 1.82) is 5.26 Å². The van der Waals surface area contributed by atoms with Crippen LogP contribution < -0.4 is 10.6 Å². The van der Waals surface area contributed by atoms with Gasteiger partial charge in [-0.15, -0.1) is 0 Å². The number of amides is 2. The number of hydrogen-bond acceptors (Lipinski definition) is 3. The highest BCUT2D eigenvalue weighted by atomic mass is 16.2. The van der Waals surface area contributed by atoms with Crippen LogP contribution in [-0.2, 0) is 9.59 Å². The highest BCUT2D eigenvalue weighted by molar-refractivity contribution is 6.01. The second-order valence-electron chi connectivity index (χ2n) is 11.1. The van der Waals surface area contributed by atoms with Crippen molar-refractivity contribution in [2.75, 3.05) is 0 Å². The number of nitrogens with one attached hydrogen (secondary N) is 2. The van der Waals surface area contributed by atoms with Gasteiger partial charge in [-0.1, -0.05) is 20.3 Å². The van der Waals surface area contributed by atoms with Crippen LogP contribution in [0.25, 0.3) is 0 Å². The standard InChI is InChI=1S/C23H35N3O2/c1-21(2,13-24)26-20(28)15-12-23(4)17-9-11-22(3)10-5-6-16(22)14(17)7-8-18(23)25-19(15)27/h14-18H,5-12H2,1-4H3,(H,25,27)(H,26,28)/t14-,15?,16-,17+,18?,22-,23+/m0/s1. The third-order valence-electron chi connectivity index (χ3n) is 8.96.